The smallest absolute Gasteiger partial charge is 0.293 e. The Hall–Kier alpha value is -2.70. The van der Waals surface area contributed by atoms with Gasteiger partial charge in [0.25, 0.3) is 5.91 Å². The van der Waals surface area contributed by atoms with Crippen LogP contribution in [-0.2, 0) is 0 Å². The largest absolute Gasteiger partial charge is 0.336 e. The molecule has 1 aromatic heterocycles. The van der Waals surface area contributed by atoms with Crippen molar-refractivity contribution in [1.82, 2.24) is 25.0 Å². The van der Waals surface area contributed by atoms with Gasteiger partial charge in [-0.25, -0.2) is 9.67 Å². The Morgan fingerprint density at radius 3 is 2.21 bits per heavy atom. The van der Waals surface area contributed by atoms with Crippen molar-refractivity contribution in [1.29, 1.82) is 0 Å². The van der Waals surface area contributed by atoms with Gasteiger partial charge in [0.2, 0.25) is 5.82 Å². The molecule has 0 saturated carbocycles. The first kappa shape index (κ1) is 20.0. The first-order valence-corrected chi connectivity index (χ1v) is 9.30. The SMILES string of the molecule is CNC1CCN(C(=O)c2nc(-c3ccccc3)n(-c3ccccc3)n2)CC1.Cl. The highest BCUT2D eigenvalue weighted by atomic mass is 35.5. The number of nitrogens with zero attached hydrogens (tertiary/aromatic N) is 4. The topological polar surface area (TPSA) is 63.1 Å². The van der Waals surface area contributed by atoms with E-state index in [4.69, 9.17) is 0 Å². The standard InChI is InChI=1S/C21H23N5O.ClH/c1-22-17-12-14-25(15-13-17)21(27)19-23-20(16-8-4-2-5-9-16)26(24-19)18-10-6-3-7-11-18;/h2-11,17,22H,12-15H2,1H3;1H. The normalized spacial score (nSPS) is 14.5. The van der Waals surface area contributed by atoms with Gasteiger partial charge in [0.15, 0.2) is 5.82 Å². The van der Waals surface area contributed by atoms with E-state index < -0.39 is 0 Å². The van der Waals surface area contributed by atoms with Crippen molar-refractivity contribution >= 4 is 18.3 Å². The number of hydrogen-bond donors (Lipinski definition) is 1. The van der Waals surface area contributed by atoms with Crippen LogP contribution in [0.4, 0.5) is 0 Å². The third kappa shape index (κ3) is 4.08. The highest BCUT2D eigenvalue weighted by Gasteiger charge is 2.27. The minimum absolute atomic E-state index is 0. The number of nitrogens with one attached hydrogen (secondary N) is 1. The summed E-state index contributed by atoms with van der Waals surface area (Å²) < 4.78 is 1.75. The number of piperidine rings is 1. The molecular formula is C21H24ClN5O. The number of carbonyl (C=O) groups is 1. The van der Waals surface area contributed by atoms with Gasteiger partial charge < -0.3 is 10.2 Å². The summed E-state index contributed by atoms with van der Waals surface area (Å²) in [5, 5.41) is 7.86. The predicted molar refractivity (Wildman–Crippen MR) is 112 cm³/mol. The van der Waals surface area contributed by atoms with Crippen LogP contribution in [0.3, 0.4) is 0 Å². The zero-order valence-electron chi connectivity index (χ0n) is 15.8. The summed E-state index contributed by atoms with van der Waals surface area (Å²) in [6, 6.07) is 20.1. The number of likely N-dealkylation sites (tertiary alicyclic amines) is 1. The van der Waals surface area contributed by atoms with E-state index >= 15 is 0 Å². The number of rotatable bonds is 4. The molecule has 0 unspecified atom stereocenters. The van der Waals surface area contributed by atoms with E-state index in [0.29, 0.717) is 11.9 Å². The third-order valence-electron chi connectivity index (χ3n) is 5.02. The fraction of sp³-hybridized carbons (Fsp3) is 0.286. The van der Waals surface area contributed by atoms with Crippen LogP contribution in [0.2, 0.25) is 0 Å². The van der Waals surface area contributed by atoms with E-state index in [9.17, 15) is 4.79 Å². The summed E-state index contributed by atoms with van der Waals surface area (Å²) in [4.78, 5) is 19.5. The van der Waals surface area contributed by atoms with Crippen molar-refractivity contribution < 1.29 is 4.79 Å². The molecule has 1 saturated heterocycles. The molecule has 0 bridgehead atoms. The van der Waals surface area contributed by atoms with Crippen LogP contribution in [-0.4, -0.2) is 51.8 Å². The molecule has 1 aliphatic rings. The lowest BCUT2D eigenvalue weighted by Crippen LogP contribution is -2.44. The summed E-state index contributed by atoms with van der Waals surface area (Å²) in [7, 11) is 1.97. The van der Waals surface area contributed by atoms with Gasteiger partial charge in [-0.1, -0.05) is 48.5 Å². The number of carbonyl (C=O) groups excluding carboxylic acids is 1. The molecule has 6 nitrogen and oxygen atoms in total. The Kier molecular flexibility index (Phi) is 6.44. The molecule has 0 radical (unpaired) electrons. The maximum Gasteiger partial charge on any atom is 0.293 e. The maximum absolute atomic E-state index is 13.0. The molecule has 28 heavy (non-hydrogen) atoms. The summed E-state index contributed by atoms with van der Waals surface area (Å²) >= 11 is 0. The average Bonchev–Trinajstić information content (AvgIpc) is 3.20. The Morgan fingerprint density at radius 1 is 1.00 bits per heavy atom. The Morgan fingerprint density at radius 2 is 1.61 bits per heavy atom. The molecule has 1 fully saturated rings. The average molecular weight is 398 g/mol. The minimum atomic E-state index is -0.101. The fourth-order valence-electron chi connectivity index (χ4n) is 3.44. The monoisotopic (exact) mass is 397 g/mol. The Bertz CT molecular complexity index is 848. The van der Waals surface area contributed by atoms with Crippen LogP contribution in [0.1, 0.15) is 23.5 Å². The number of benzene rings is 2. The molecule has 0 aliphatic carbocycles. The molecule has 0 atom stereocenters. The van der Waals surface area contributed by atoms with E-state index in [1.54, 1.807) is 4.68 Å². The molecular weight excluding hydrogens is 374 g/mol. The van der Waals surface area contributed by atoms with Gasteiger partial charge in [-0.15, -0.1) is 17.5 Å². The Balaban J connectivity index is 0.00000225. The van der Waals surface area contributed by atoms with Crippen molar-refractivity contribution in [3.8, 4) is 17.1 Å². The van der Waals surface area contributed by atoms with Crippen molar-refractivity contribution in [2.24, 2.45) is 0 Å². The van der Waals surface area contributed by atoms with Gasteiger partial charge >= 0.3 is 0 Å². The number of aromatic nitrogens is 3. The second-order valence-electron chi connectivity index (χ2n) is 6.73. The number of amides is 1. The third-order valence-corrected chi connectivity index (χ3v) is 5.02. The van der Waals surface area contributed by atoms with Crippen LogP contribution in [0.25, 0.3) is 17.1 Å². The fourth-order valence-corrected chi connectivity index (χ4v) is 3.44. The van der Waals surface area contributed by atoms with E-state index in [-0.39, 0.29) is 24.1 Å². The van der Waals surface area contributed by atoms with Gasteiger partial charge in [0, 0.05) is 24.7 Å². The molecule has 2 heterocycles. The molecule has 7 heteroatoms. The molecule has 1 N–H and O–H groups in total. The molecule has 4 rings (SSSR count). The van der Waals surface area contributed by atoms with Crippen LogP contribution >= 0.6 is 12.4 Å². The first-order chi connectivity index (χ1) is 13.3. The number of halogens is 1. The van der Waals surface area contributed by atoms with Gasteiger partial charge in [0.1, 0.15) is 0 Å². The summed E-state index contributed by atoms with van der Waals surface area (Å²) in [5.41, 5.74) is 1.82. The molecule has 3 aromatic rings. The van der Waals surface area contributed by atoms with Gasteiger partial charge in [-0.2, -0.15) is 0 Å². The first-order valence-electron chi connectivity index (χ1n) is 9.30. The lowest BCUT2D eigenvalue weighted by molar-refractivity contribution is 0.0695. The second kappa shape index (κ2) is 8.99. The van der Waals surface area contributed by atoms with Gasteiger partial charge in [-0.05, 0) is 32.0 Å². The van der Waals surface area contributed by atoms with Crippen LogP contribution in [0, 0.1) is 0 Å². The Labute approximate surface area is 171 Å². The lowest BCUT2D eigenvalue weighted by Gasteiger charge is -2.30. The van der Waals surface area contributed by atoms with E-state index in [1.807, 2.05) is 72.6 Å². The molecule has 1 amide bonds. The summed E-state index contributed by atoms with van der Waals surface area (Å²) in [6.45, 7) is 1.45. The zero-order chi connectivity index (χ0) is 18.6. The zero-order valence-corrected chi connectivity index (χ0v) is 16.6. The van der Waals surface area contributed by atoms with Gasteiger partial charge in [0.05, 0.1) is 5.69 Å². The number of hydrogen-bond acceptors (Lipinski definition) is 4. The van der Waals surface area contributed by atoms with Crippen molar-refractivity contribution in [3.63, 3.8) is 0 Å². The molecule has 2 aromatic carbocycles. The number of para-hydroxylation sites is 1. The van der Waals surface area contributed by atoms with Crippen molar-refractivity contribution in [2.45, 2.75) is 18.9 Å². The molecule has 1 aliphatic heterocycles. The molecule has 146 valence electrons. The highest BCUT2D eigenvalue weighted by molar-refractivity contribution is 5.91. The van der Waals surface area contributed by atoms with E-state index in [2.05, 4.69) is 15.4 Å². The summed E-state index contributed by atoms with van der Waals surface area (Å²) in [5.74, 6) is 0.826. The van der Waals surface area contributed by atoms with Gasteiger partial charge in [-0.3, -0.25) is 4.79 Å². The van der Waals surface area contributed by atoms with E-state index in [0.717, 1.165) is 37.2 Å². The van der Waals surface area contributed by atoms with Crippen LogP contribution < -0.4 is 5.32 Å². The van der Waals surface area contributed by atoms with Crippen LogP contribution in [0.5, 0.6) is 0 Å². The second-order valence-corrected chi connectivity index (χ2v) is 6.73. The highest BCUT2D eigenvalue weighted by Crippen LogP contribution is 2.22. The minimum Gasteiger partial charge on any atom is -0.336 e. The van der Waals surface area contributed by atoms with E-state index in [1.165, 1.54) is 0 Å². The quantitative estimate of drug-likeness (QED) is 0.734. The van der Waals surface area contributed by atoms with Crippen LogP contribution in [0.15, 0.2) is 60.7 Å². The van der Waals surface area contributed by atoms with Crippen molar-refractivity contribution in [2.75, 3.05) is 20.1 Å². The lowest BCUT2D eigenvalue weighted by atomic mass is 10.1. The predicted octanol–water partition coefficient (Wildman–Crippen LogP) is 3.18. The summed E-state index contributed by atoms with van der Waals surface area (Å²) in [6.07, 6.45) is 1.90. The molecule has 0 spiro atoms. The maximum atomic E-state index is 13.0. The van der Waals surface area contributed by atoms with Crippen molar-refractivity contribution in [3.05, 3.63) is 66.5 Å².